The summed E-state index contributed by atoms with van der Waals surface area (Å²) in [7, 11) is 0. The molecular weight excluding hydrogens is 235 g/mol. The first kappa shape index (κ1) is 12.3. The van der Waals surface area contributed by atoms with Crippen LogP contribution in [0.1, 0.15) is 11.1 Å². The fourth-order valence-electron chi connectivity index (χ4n) is 0.983. The lowest BCUT2D eigenvalue weighted by atomic mass is 10.1. The molecule has 0 nitrogen and oxygen atoms in total. The summed E-state index contributed by atoms with van der Waals surface area (Å²) in [5, 5.41) is 0. The molecule has 1 rings (SSSR count). The SMILES string of the molecule is FC(F)(F)C(F)(F)c1ccc(CS)cc1. The molecule has 1 aromatic carbocycles. The fourth-order valence-corrected chi connectivity index (χ4v) is 1.19. The van der Waals surface area contributed by atoms with Crippen LogP contribution in [0.2, 0.25) is 0 Å². The Bertz CT molecular complexity index is 327. The summed E-state index contributed by atoms with van der Waals surface area (Å²) in [6.45, 7) is 0. The third kappa shape index (κ3) is 2.42. The van der Waals surface area contributed by atoms with Crippen LogP contribution in [0.3, 0.4) is 0 Å². The highest BCUT2D eigenvalue weighted by Crippen LogP contribution is 2.43. The summed E-state index contributed by atoms with van der Waals surface area (Å²) in [5.41, 5.74) is -0.472. The van der Waals surface area contributed by atoms with Crippen LogP contribution in [-0.4, -0.2) is 6.18 Å². The smallest absolute Gasteiger partial charge is 0.191 e. The highest BCUT2D eigenvalue weighted by Gasteiger charge is 2.58. The fraction of sp³-hybridized carbons (Fsp3) is 0.333. The van der Waals surface area contributed by atoms with Crippen molar-refractivity contribution in [3.63, 3.8) is 0 Å². The first-order chi connectivity index (χ1) is 6.79. The van der Waals surface area contributed by atoms with Crippen molar-refractivity contribution in [2.45, 2.75) is 17.9 Å². The molecule has 1 aromatic rings. The van der Waals surface area contributed by atoms with Gasteiger partial charge in [0.2, 0.25) is 0 Å². The van der Waals surface area contributed by atoms with E-state index in [0.29, 0.717) is 5.56 Å². The second-order valence-corrected chi connectivity index (χ2v) is 3.24. The van der Waals surface area contributed by atoms with Crippen molar-refractivity contribution in [2.24, 2.45) is 0 Å². The van der Waals surface area contributed by atoms with E-state index >= 15 is 0 Å². The van der Waals surface area contributed by atoms with Gasteiger partial charge in [-0.15, -0.1) is 0 Å². The summed E-state index contributed by atoms with van der Waals surface area (Å²) in [4.78, 5) is 0. The van der Waals surface area contributed by atoms with Crippen LogP contribution in [0.15, 0.2) is 24.3 Å². The van der Waals surface area contributed by atoms with Gasteiger partial charge in [0.1, 0.15) is 0 Å². The standard InChI is InChI=1S/C9H7F5S/c10-8(11,9(12,13)14)7-3-1-6(5-15)2-4-7/h1-4,15H,5H2. The van der Waals surface area contributed by atoms with Gasteiger partial charge in [-0.1, -0.05) is 24.3 Å². The summed E-state index contributed by atoms with van der Waals surface area (Å²) in [6, 6.07) is 3.92. The normalized spacial score (nSPS) is 12.9. The number of thiol groups is 1. The Morgan fingerprint density at radius 1 is 0.933 bits per heavy atom. The maximum Gasteiger partial charge on any atom is 0.458 e. The van der Waals surface area contributed by atoms with E-state index in [0.717, 1.165) is 12.1 Å². The first-order valence-electron chi connectivity index (χ1n) is 3.94. The lowest BCUT2D eigenvalue weighted by molar-refractivity contribution is -0.289. The van der Waals surface area contributed by atoms with Gasteiger partial charge >= 0.3 is 12.1 Å². The van der Waals surface area contributed by atoms with E-state index in [1.165, 1.54) is 12.1 Å². The highest BCUT2D eigenvalue weighted by atomic mass is 32.1. The van der Waals surface area contributed by atoms with E-state index < -0.39 is 17.7 Å². The Morgan fingerprint density at radius 2 is 1.40 bits per heavy atom. The minimum absolute atomic E-state index is 0.290. The predicted octanol–water partition coefficient (Wildman–Crippen LogP) is 3.77. The van der Waals surface area contributed by atoms with Crippen molar-refractivity contribution in [3.8, 4) is 0 Å². The van der Waals surface area contributed by atoms with E-state index in [2.05, 4.69) is 12.6 Å². The van der Waals surface area contributed by atoms with Gasteiger partial charge in [0.25, 0.3) is 0 Å². The second-order valence-electron chi connectivity index (χ2n) is 2.93. The van der Waals surface area contributed by atoms with Crippen LogP contribution in [0.5, 0.6) is 0 Å². The van der Waals surface area contributed by atoms with E-state index in [9.17, 15) is 22.0 Å². The molecule has 0 unspecified atom stereocenters. The maximum absolute atomic E-state index is 12.8. The van der Waals surface area contributed by atoms with Crippen molar-refractivity contribution < 1.29 is 22.0 Å². The zero-order chi connectivity index (χ0) is 11.7. The van der Waals surface area contributed by atoms with Gasteiger partial charge < -0.3 is 0 Å². The Morgan fingerprint density at radius 3 is 1.73 bits per heavy atom. The van der Waals surface area contributed by atoms with Gasteiger partial charge in [0.05, 0.1) is 0 Å². The van der Waals surface area contributed by atoms with Gasteiger partial charge in [0, 0.05) is 11.3 Å². The molecule has 15 heavy (non-hydrogen) atoms. The summed E-state index contributed by atoms with van der Waals surface area (Å²) in [6.07, 6.45) is -5.56. The quantitative estimate of drug-likeness (QED) is 0.592. The molecule has 6 heteroatoms. The van der Waals surface area contributed by atoms with Crippen molar-refractivity contribution >= 4 is 12.6 Å². The minimum Gasteiger partial charge on any atom is -0.191 e. The lowest BCUT2D eigenvalue weighted by Crippen LogP contribution is -2.33. The van der Waals surface area contributed by atoms with Crippen LogP contribution in [0.4, 0.5) is 22.0 Å². The Kier molecular flexibility index (Phi) is 3.28. The molecule has 84 valence electrons. The molecule has 0 bridgehead atoms. The molecule has 0 aliphatic carbocycles. The molecule has 0 heterocycles. The topological polar surface area (TPSA) is 0 Å². The van der Waals surface area contributed by atoms with Gasteiger partial charge in [-0.3, -0.25) is 0 Å². The molecule has 0 spiro atoms. The molecule has 0 saturated heterocycles. The average Bonchev–Trinajstić information content (AvgIpc) is 2.16. The van der Waals surface area contributed by atoms with Crippen molar-refractivity contribution in [2.75, 3.05) is 0 Å². The molecule has 0 saturated carbocycles. The molecule has 0 aromatic heterocycles. The third-order valence-electron chi connectivity index (χ3n) is 1.86. The Hall–Kier alpha value is -0.780. The molecule has 0 fully saturated rings. The van der Waals surface area contributed by atoms with E-state index in [1.807, 2.05) is 0 Å². The monoisotopic (exact) mass is 242 g/mol. The Labute approximate surface area is 88.5 Å². The molecule has 0 N–H and O–H groups in total. The summed E-state index contributed by atoms with van der Waals surface area (Å²) >= 11 is 3.86. The van der Waals surface area contributed by atoms with Gasteiger partial charge in [-0.2, -0.15) is 34.6 Å². The molecule has 0 aliphatic rings. The molecule has 0 atom stereocenters. The molecule has 0 amide bonds. The molecular formula is C9H7F5S. The summed E-state index contributed by atoms with van der Waals surface area (Å²) < 4.78 is 61.3. The van der Waals surface area contributed by atoms with Crippen molar-refractivity contribution in [1.82, 2.24) is 0 Å². The van der Waals surface area contributed by atoms with Crippen LogP contribution in [0.25, 0.3) is 0 Å². The first-order valence-corrected chi connectivity index (χ1v) is 4.57. The third-order valence-corrected chi connectivity index (χ3v) is 2.22. The van der Waals surface area contributed by atoms with E-state index in [4.69, 9.17) is 0 Å². The average molecular weight is 242 g/mol. The number of halogens is 5. The number of benzene rings is 1. The zero-order valence-electron chi connectivity index (χ0n) is 7.35. The van der Waals surface area contributed by atoms with Gasteiger partial charge in [0.15, 0.2) is 0 Å². The number of hydrogen-bond acceptors (Lipinski definition) is 1. The van der Waals surface area contributed by atoms with Crippen LogP contribution in [-0.2, 0) is 11.7 Å². The predicted molar refractivity (Wildman–Crippen MR) is 49.1 cm³/mol. The lowest BCUT2D eigenvalue weighted by Gasteiger charge is -2.19. The zero-order valence-corrected chi connectivity index (χ0v) is 8.25. The van der Waals surface area contributed by atoms with Crippen molar-refractivity contribution in [1.29, 1.82) is 0 Å². The van der Waals surface area contributed by atoms with Crippen LogP contribution in [0, 0.1) is 0 Å². The van der Waals surface area contributed by atoms with E-state index in [-0.39, 0.29) is 5.75 Å². The number of rotatable bonds is 2. The summed E-state index contributed by atoms with van der Waals surface area (Å²) in [5.74, 6) is -4.51. The molecule has 0 radical (unpaired) electrons. The van der Waals surface area contributed by atoms with Gasteiger partial charge in [-0.25, -0.2) is 0 Å². The second kappa shape index (κ2) is 4.00. The number of hydrogen-bond donors (Lipinski definition) is 1. The number of alkyl halides is 5. The van der Waals surface area contributed by atoms with Crippen molar-refractivity contribution in [3.05, 3.63) is 35.4 Å². The van der Waals surface area contributed by atoms with E-state index in [1.54, 1.807) is 0 Å². The van der Waals surface area contributed by atoms with Crippen LogP contribution < -0.4 is 0 Å². The largest absolute Gasteiger partial charge is 0.458 e. The molecule has 0 aliphatic heterocycles. The Balaban J connectivity index is 3.06. The maximum atomic E-state index is 12.8. The highest BCUT2D eigenvalue weighted by molar-refractivity contribution is 7.79. The minimum atomic E-state index is -5.56. The van der Waals surface area contributed by atoms with Gasteiger partial charge in [-0.05, 0) is 5.56 Å². The van der Waals surface area contributed by atoms with Crippen LogP contribution >= 0.6 is 12.6 Å².